The fourth-order valence-electron chi connectivity index (χ4n) is 2.43. The van der Waals surface area contributed by atoms with Crippen molar-refractivity contribution in [1.29, 1.82) is 0 Å². The minimum atomic E-state index is -1.26. The summed E-state index contributed by atoms with van der Waals surface area (Å²) in [6, 6.07) is 18.6. The van der Waals surface area contributed by atoms with Crippen molar-refractivity contribution in [3.63, 3.8) is 0 Å². The van der Waals surface area contributed by atoms with E-state index in [1.807, 2.05) is 0 Å². The Morgan fingerprint density at radius 3 is 2.19 bits per heavy atom. The van der Waals surface area contributed by atoms with Gasteiger partial charge in [0.2, 0.25) is 6.10 Å². The van der Waals surface area contributed by atoms with E-state index >= 15 is 0 Å². The van der Waals surface area contributed by atoms with Crippen molar-refractivity contribution in [2.45, 2.75) is 6.10 Å². The SMILES string of the molecule is O=C(O[C@@H](C(=O)Nc1ccc(F)cc1)c1ccccc1)c1cccc(F)c1. The van der Waals surface area contributed by atoms with Gasteiger partial charge in [-0.1, -0.05) is 36.4 Å². The van der Waals surface area contributed by atoms with Gasteiger partial charge in [0.25, 0.3) is 5.91 Å². The summed E-state index contributed by atoms with van der Waals surface area (Å²) in [5.41, 5.74) is 0.788. The lowest BCUT2D eigenvalue weighted by molar-refractivity contribution is -0.125. The lowest BCUT2D eigenvalue weighted by atomic mass is 10.1. The Balaban J connectivity index is 1.83. The molecule has 0 saturated heterocycles. The molecule has 0 heterocycles. The molecule has 1 amide bonds. The van der Waals surface area contributed by atoms with Gasteiger partial charge < -0.3 is 10.1 Å². The van der Waals surface area contributed by atoms with Crippen LogP contribution in [0.25, 0.3) is 0 Å². The predicted molar refractivity (Wildman–Crippen MR) is 96.0 cm³/mol. The summed E-state index contributed by atoms with van der Waals surface area (Å²) in [5, 5.41) is 2.58. The number of amides is 1. The Bertz CT molecular complexity index is 943. The molecule has 0 saturated carbocycles. The van der Waals surface area contributed by atoms with Gasteiger partial charge in [0.1, 0.15) is 11.6 Å². The highest BCUT2D eigenvalue weighted by molar-refractivity contribution is 5.98. The fourth-order valence-corrected chi connectivity index (χ4v) is 2.43. The number of carbonyl (C=O) groups is 2. The van der Waals surface area contributed by atoms with Crippen LogP contribution < -0.4 is 5.32 Å². The number of benzene rings is 3. The number of esters is 1. The Morgan fingerprint density at radius 1 is 0.815 bits per heavy atom. The first-order valence-electron chi connectivity index (χ1n) is 8.11. The van der Waals surface area contributed by atoms with Gasteiger partial charge >= 0.3 is 5.97 Å². The topological polar surface area (TPSA) is 55.4 Å². The van der Waals surface area contributed by atoms with Gasteiger partial charge in [0, 0.05) is 11.3 Å². The van der Waals surface area contributed by atoms with Gasteiger partial charge in [0.05, 0.1) is 5.56 Å². The summed E-state index contributed by atoms with van der Waals surface area (Å²) >= 11 is 0. The van der Waals surface area contributed by atoms with Crippen molar-refractivity contribution in [2.24, 2.45) is 0 Å². The Kier molecular flexibility index (Phi) is 5.56. The van der Waals surface area contributed by atoms with Crippen LogP contribution in [-0.2, 0) is 9.53 Å². The van der Waals surface area contributed by atoms with Crippen LogP contribution in [0.3, 0.4) is 0 Å². The summed E-state index contributed by atoms with van der Waals surface area (Å²) in [5.74, 6) is -2.48. The van der Waals surface area contributed by atoms with Crippen LogP contribution in [0.5, 0.6) is 0 Å². The number of halogens is 2. The third kappa shape index (κ3) is 4.76. The molecular formula is C21H15F2NO3. The van der Waals surface area contributed by atoms with Crippen molar-refractivity contribution >= 4 is 17.6 Å². The van der Waals surface area contributed by atoms with Crippen molar-refractivity contribution < 1.29 is 23.1 Å². The first kappa shape index (κ1) is 18.3. The second-order valence-electron chi connectivity index (χ2n) is 5.70. The summed E-state index contributed by atoms with van der Waals surface area (Å²) < 4.78 is 31.7. The maximum atomic E-state index is 13.3. The monoisotopic (exact) mass is 367 g/mol. The molecule has 0 unspecified atom stereocenters. The quantitative estimate of drug-likeness (QED) is 0.676. The molecule has 0 aromatic heterocycles. The summed E-state index contributed by atoms with van der Waals surface area (Å²) in [6.07, 6.45) is -1.26. The largest absolute Gasteiger partial charge is 0.444 e. The molecule has 136 valence electrons. The summed E-state index contributed by atoms with van der Waals surface area (Å²) in [7, 11) is 0. The van der Waals surface area contributed by atoms with Crippen LogP contribution in [0.15, 0.2) is 78.9 Å². The lowest BCUT2D eigenvalue weighted by Gasteiger charge is -2.18. The van der Waals surface area contributed by atoms with Gasteiger partial charge in [-0.25, -0.2) is 13.6 Å². The Labute approximate surface area is 154 Å². The number of anilines is 1. The molecule has 3 aromatic carbocycles. The van der Waals surface area contributed by atoms with E-state index in [2.05, 4.69) is 5.32 Å². The van der Waals surface area contributed by atoms with Gasteiger partial charge in [0.15, 0.2) is 0 Å². The maximum Gasteiger partial charge on any atom is 0.339 e. The standard InChI is InChI=1S/C21H15F2NO3/c22-16-9-11-18(12-10-16)24-20(25)19(14-5-2-1-3-6-14)27-21(26)15-7-4-8-17(23)13-15/h1-13,19H,(H,24,25)/t19-/m1/s1. The van der Waals surface area contributed by atoms with Crippen molar-refractivity contribution in [3.05, 3.63) is 102 Å². The van der Waals surface area contributed by atoms with E-state index in [9.17, 15) is 18.4 Å². The van der Waals surface area contributed by atoms with Crippen molar-refractivity contribution in [3.8, 4) is 0 Å². The van der Waals surface area contributed by atoms with Crippen LogP contribution in [0.1, 0.15) is 22.0 Å². The highest BCUT2D eigenvalue weighted by atomic mass is 19.1. The minimum Gasteiger partial charge on any atom is -0.444 e. The zero-order valence-electron chi connectivity index (χ0n) is 14.1. The number of hydrogen-bond acceptors (Lipinski definition) is 3. The number of ether oxygens (including phenoxy) is 1. The van der Waals surface area contributed by atoms with Crippen LogP contribution >= 0.6 is 0 Å². The third-order valence-electron chi connectivity index (χ3n) is 3.74. The van der Waals surface area contributed by atoms with E-state index in [4.69, 9.17) is 4.74 Å². The lowest BCUT2D eigenvalue weighted by Crippen LogP contribution is -2.26. The third-order valence-corrected chi connectivity index (χ3v) is 3.74. The van der Waals surface area contributed by atoms with E-state index in [1.165, 1.54) is 42.5 Å². The second kappa shape index (κ2) is 8.23. The number of nitrogens with one attached hydrogen (secondary N) is 1. The van der Waals surface area contributed by atoms with Gasteiger partial charge in [-0.15, -0.1) is 0 Å². The molecule has 0 aliphatic rings. The van der Waals surface area contributed by atoms with E-state index < -0.39 is 29.6 Å². The molecule has 1 atom stereocenters. The highest BCUT2D eigenvalue weighted by Gasteiger charge is 2.26. The number of hydrogen-bond donors (Lipinski definition) is 1. The molecular weight excluding hydrogens is 352 g/mol. The maximum absolute atomic E-state index is 13.3. The van der Waals surface area contributed by atoms with Gasteiger partial charge in [-0.3, -0.25) is 4.79 Å². The molecule has 0 radical (unpaired) electrons. The molecule has 1 N–H and O–H groups in total. The average molecular weight is 367 g/mol. The molecule has 0 spiro atoms. The molecule has 0 fully saturated rings. The minimum absolute atomic E-state index is 0.00878. The molecule has 4 nitrogen and oxygen atoms in total. The van der Waals surface area contributed by atoms with Crippen LogP contribution in [-0.4, -0.2) is 11.9 Å². The van der Waals surface area contributed by atoms with Gasteiger partial charge in [-0.05, 0) is 42.5 Å². The summed E-state index contributed by atoms with van der Waals surface area (Å²) in [4.78, 5) is 25.0. The average Bonchev–Trinajstić information content (AvgIpc) is 2.68. The van der Waals surface area contributed by atoms with E-state index in [0.29, 0.717) is 11.3 Å². The molecule has 27 heavy (non-hydrogen) atoms. The van der Waals surface area contributed by atoms with Crippen LogP contribution in [0.2, 0.25) is 0 Å². The molecule has 3 aromatic rings. The van der Waals surface area contributed by atoms with Crippen molar-refractivity contribution in [2.75, 3.05) is 5.32 Å². The van der Waals surface area contributed by atoms with Crippen molar-refractivity contribution in [1.82, 2.24) is 0 Å². The fraction of sp³-hybridized carbons (Fsp3) is 0.0476. The second-order valence-corrected chi connectivity index (χ2v) is 5.70. The van der Waals surface area contributed by atoms with Crippen LogP contribution in [0, 0.1) is 11.6 Å². The highest BCUT2D eigenvalue weighted by Crippen LogP contribution is 2.22. The van der Waals surface area contributed by atoms with Gasteiger partial charge in [-0.2, -0.15) is 0 Å². The smallest absolute Gasteiger partial charge is 0.339 e. The summed E-state index contributed by atoms with van der Waals surface area (Å²) in [6.45, 7) is 0. The normalized spacial score (nSPS) is 11.5. The van der Waals surface area contributed by atoms with E-state index in [-0.39, 0.29) is 5.56 Å². The number of rotatable bonds is 5. The first-order valence-corrected chi connectivity index (χ1v) is 8.11. The van der Waals surface area contributed by atoms with E-state index in [1.54, 1.807) is 30.3 Å². The molecule has 3 rings (SSSR count). The predicted octanol–water partition coefficient (Wildman–Crippen LogP) is 4.50. The molecule has 0 aliphatic heterocycles. The van der Waals surface area contributed by atoms with E-state index in [0.717, 1.165) is 6.07 Å². The molecule has 6 heteroatoms. The zero-order valence-corrected chi connectivity index (χ0v) is 14.1. The Hall–Kier alpha value is -3.54. The van der Waals surface area contributed by atoms with Crippen LogP contribution in [0.4, 0.5) is 14.5 Å². The first-order chi connectivity index (χ1) is 13.0. The molecule has 0 aliphatic carbocycles. The molecule has 0 bridgehead atoms. The number of carbonyl (C=O) groups excluding carboxylic acids is 2. The zero-order chi connectivity index (χ0) is 19.2. The Morgan fingerprint density at radius 2 is 1.52 bits per heavy atom.